The zero-order valence-corrected chi connectivity index (χ0v) is 7.26. The molecule has 0 aromatic heterocycles. The molecule has 1 aromatic rings. The highest BCUT2D eigenvalue weighted by Crippen LogP contribution is 2.07. The first kappa shape index (κ1) is 9.20. The summed E-state index contributed by atoms with van der Waals surface area (Å²) in [6.45, 7) is 2.12. The molecule has 66 valence electrons. The highest BCUT2D eigenvalue weighted by Gasteiger charge is 2.03. The van der Waals surface area contributed by atoms with Crippen LogP contribution in [0.15, 0.2) is 24.3 Å². The summed E-state index contributed by atoms with van der Waals surface area (Å²) in [6, 6.07) is 7.85. The van der Waals surface area contributed by atoms with Crippen LogP contribution in [-0.2, 0) is 6.42 Å². The Kier molecular flexibility index (Phi) is 3.23. The van der Waals surface area contributed by atoms with Crippen LogP contribution in [0.1, 0.15) is 11.1 Å². The number of alkyl halides is 1. The number of hydrogen-bond acceptors (Lipinski definition) is 1. The molecule has 2 heteroatoms. The van der Waals surface area contributed by atoms with Crippen molar-refractivity contribution >= 4 is 0 Å². The van der Waals surface area contributed by atoms with E-state index in [2.05, 4.69) is 0 Å². The highest BCUT2D eigenvalue weighted by molar-refractivity contribution is 5.21. The van der Waals surface area contributed by atoms with Gasteiger partial charge in [-0.3, -0.25) is 0 Å². The summed E-state index contributed by atoms with van der Waals surface area (Å²) in [7, 11) is 0. The molecule has 1 atom stereocenters. The Morgan fingerprint density at radius 3 is 2.42 bits per heavy atom. The Hall–Kier alpha value is -0.890. The van der Waals surface area contributed by atoms with E-state index in [0.717, 1.165) is 5.56 Å². The molecule has 2 N–H and O–H groups in total. The average molecular weight is 167 g/mol. The number of hydrogen-bond donors (Lipinski definition) is 1. The van der Waals surface area contributed by atoms with Crippen LogP contribution in [0.5, 0.6) is 0 Å². The molecular formula is C10H14FN. The molecule has 0 radical (unpaired) electrons. The molecule has 0 aliphatic rings. The summed E-state index contributed by atoms with van der Waals surface area (Å²) in [4.78, 5) is 0. The van der Waals surface area contributed by atoms with E-state index in [1.807, 2.05) is 31.2 Å². The van der Waals surface area contributed by atoms with Crippen LogP contribution >= 0.6 is 0 Å². The maximum atomic E-state index is 12.8. The fraction of sp³-hybridized carbons (Fsp3) is 0.400. The maximum Gasteiger partial charge on any atom is 0.116 e. The number of aryl methyl sites for hydroxylation is 1. The second kappa shape index (κ2) is 4.21. The molecule has 0 spiro atoms. The maximum absolute atomic E-state index is 12.8. The summed E-state index contributed by atoms with van der Waals surface area (Å²) in [5, 5.41) is 0. The molecule has 0 bridgehead atoms. The lowest BCUT2D eigenvalue weighted by Gasteiger charge is -2.04. The van der Waals surface area contributed by atoms with Gasteiger partial charge >= 0.3 is 0 Å². The number of halogens is 1. The van der Waals surface area contributed by atoms with E-state index in [4.69, 9.17) is 5.73 Å². The van der Waals surface area contributed by atoms with Gasteiger partial charge in [0, 0.05) is 13.0 Å². The van der Waals surface area contributed by atoms with Crippen molar-refractivity contribution < 1.29 is 4.39 Å². The first-order valence-electron chi connectivity index (χ1n) is 4.12. The van der Waals surface area contributed by atoms with Gasteiger partial charge in [0.2, 0.25) is 0 Å². The smallest absolute Gasteiger partial charge is 0.116 e. The molecule has 1 nitrogen and oxygen atoms in total. The summed E-state index contributed by atoms with van der Waals surface area (Å²) in [6.07, 6.45) is -0.482. The van der Waals surface area contributed by atoms with E-state index in [1.165, 1.54) is 5.56 Å². The Morgan fingerprint density at radius 2 is 1.92 bits per heavy atom. The second-order valence-corrected chi connectivity index (χ2v) is 3.02. The van der Waals surface area contributed by atoms with Crippen molar-refractivity contribution in [3.05, 3.63) is 35.4 Å². The van der Waals surface area contributed by atoms with Gasteiger partial charge in [0.15, 0.2) is 0 Å². The molecule has 0 fully saturated rings. The summed E-state index contributed by atoms with van der Waals surface area (Å²) >= 11 is 0. The van der Waals surface area contributed by atoms with Crippen molar-refractivity contribution in [2.45, 2.75) is 19.5 Å². The molecule has 1 rings (SSSR count). The molecule has 0 heterocycles. The van der Waals surface area contributed by atoms with Gasteiger partial charge in [-0.15, -0.1) is 0 Å². The third-order valence-electron chi connectivity index (χ3n) is 1.83. The fourth-order valence-corrected chi connectivity index (χ4v) is 1.06. The largest absolute Gasteiger partial charge is 0.328 e. The lowest BCUT2D eigenvalue weighted by molar-refractivity contribution is 0.340. The molecule has 0 saturated carbocycles. The van der Waals surface area contributed by atoms with Gasteiger partial charge in [0.25, 0.3) is 0 Å². The van der Waals surface area contributed by atoms with E-state index >= 15 is 0 Å². The molecule has 0 aliphatic heterocycles. The molecule has 1 unspecified atom stereocenters. The minimum Gasteiger partial charge on any atom is -0.328 e. The van der Waals surface area contributed by atoms with Crippen LogP contribution in [0.2, 0.25) is 0 Å². The van der Waals surface area contributed by atoms with Gasteiger partial charge in [-0.05, 0) is 12.5 Å². The van der Waals surface area contributed by atoms with E-state index in [0.29, 0.717) is 6.42 Å². The average Bonchev–Trinajstić information content (AvgIpc) is 2.09. The van der Waals surface area contributed by atoms with Gasteiger partial charge in [-0.2, -0.15) is 0 Å². The monoisotopic (exact) mass is 167 g/mol. The van der Waals surface area contributed by atoms with Crippen molar-refractivity contribution in [3.8, 4) is 0 Å². The van der Waals surface area contributed by atoms with E-state index in [9.17, 15) is 4.39 Å². The van der Waals surface area contributed by atoms with Crippen molar-refractivity contribution in [1.29, 1.82) is 0 Å². The van der Waals surface area contributed by atoms with Crippen LogP contribution in [0.4, 0.5) is 4.39 Å². The van der Waals surface area contributed by atoms with Crippen LogP contribution in [0.25, 0.3) is 0 Å². The van der Waals surface area contributed by atoms with Gasteiger partial charge in [0.1, 0.15) is 6.17 Å². The lowest BCUT2D eigenvalue weighted by atomic mass is 10.1. The Labute approximate surface area is 72.4 Å². The second-order valence-electron chi connectivity index (χ2n) is 3.02. The van der Waals surface area contributed by atoms with Crippen molar-refractivity contribution in [2.75, 3.05) is 6.54 Å². The summed E-state index contributed by atoms with van der Waals surface area (Å²) in [5.74, 6) is 0. The zero-order valence-electron chi connectivity index (χ0n) is 7.26. The number of rotatable bonds is 3. The molecular weight excluding hydrogens is 153 g/mol. The van der Waals surface area contributed by atoms with Crippen LogP contribution in [0.3, 0.4) is 0 Å². The molecule has 1 aromatic carbocycles. The van der Waals surface area contributed by atoms with Gasteiger partial charge in [-0.25, -0.2) is 4.39 Å². The topological polar surface area (TPSA) is 26.0 Å². The van der Waals surface area contributed by atoms with E-state index in [-0.39, 0.29) is 6.54 Å². The summed E-state index contributed by atoms with van der Waals surface area (Å²) < 4.78 is 12.8. The lowest BCUT2D eigenvalue weighted by Crippen LogP contribution is -2.17. The Bertz CT molecular complexity index is 230. The molecule has 12 heavy (non-hydrogen) atoms. The van der Waals surface area contributed by atoms with Crippen LogP contribution in [0, 0.1) is 6.92 Å². The Morgan fingerprint density at radius 1 is 1.33 bits per heavy atom. The minimum atomic E-state index is -0.910. The Balaban J connectivity index is 2.58. The fourth-order valence-electron chi connectivity index (χ4n) is 1.06. The van der Waals surface area contributed by atoms with Crippen molar-refractivity contribution in [2.24, 2.45) is 5.73 Å². The van der Waals surface area contributed by atoms with Crippen LogP contribution in [-0.4, -0.2) is 12.7 Å². The third kappa shape index (κ3) is 2.62. The quantitative estimate of drug-likeness (QED) is 0.730. The highest BCUT2D eigenvalue weighted by atomic mass is 19.1. The summed E-state index contributed by atoms with van der Waals surface area (Å²) in [5.41, 5.74) is 7.38. The number of benzene rings is 1. The van der Waals surface area contributed by atoms with Gasteiger partial charge in [0.05, 0.1) is 0 Å². The third-order valence-corrected chi connectivity index (χ3v) is 1.83. The van der Waals surface area contributed by atoms with Crippen molar-refractivity contribution in [3.63, 3.8) is 0 Å². The van der Waals surface area contributed by atoms with Crippen molar-refractivity contribution in [1.82, 2.24) is 0 Å². The first-order valence-corrected chi connectivity index (χ1v) is 4.12. The minimum absolute atomic E-state index is 0.105. The van der Waals surface area contributed by atoms with Gasteiger partial charge in [-0.1, -0.05) is 29.8 Å². The number of nitrogens with two attached hydrogens (primary N) is 1. The van der Waals surface area contributed by atoms with E-state index in [1.54, 1.807) is 0 Å². The normalized spacial score (nSPS) is 12.9. The van der Waals surface area contributed by atoms with Crippen LogP contribution < -0.4 is 5.73 Å². The predicted octanol–water partition coefficient (Wildman–Crippen LogP) is 1.83. The molecule has 0 saturated heterocycles. The van der Waals surface area contributed by atoms with E-state index < -0.39 is 6.17 Å². The molecule has 0 amide bonds. The van der Waals surface area contributed by atoms with Gasteiger partial charge < -0.3 is 5.73 Å². The zero-order chi connectivity index (χ0) is 8.97. The standard InChI is InChI=1S/C10H14FN/c1-8-2-4-9(5-3-8)6-10(11)7-12/h2-5,10H,6-7,12H2,1H3. The predicted molar refractivity (Wildman–Crippen MR) is 48.8 cm³/mol. The first-order chi connectivity index (χ1) is 5.72. The molecule has 0 aliphatic carbocycles. The SMILES string of the molecule is Cc1ccc(CC(F)CN)cc1.